The van der Waals surface area contributed by atoms with Gasteiger partial charge in [-0.25, -0.2) is 0 Å². The quantitative estimate of drug-likeness (QED) is 0.543. The minimum atomic E-state index is -0.860. The van der Waals surface area contributed by atoms with Gasteiger partial charge < -0.3 is 10.4 Å². The van der Waals surface area contributed by atoms with E-state index in [1.54, 1.807) is 0 Å². The van der Waals surface area contributed by atoms with Crippen molar-refractivity contribution in [3.8, 4) is 0 Å². The number of nitrogens with one attached hydrogen (secondary N) is 1. The van der Waals surface area contributed by atoms with Gasteiger partial charge in [-0.1, -0.05) is 38.2 Å². The van der Waals surface area contributed by atoms with Gasteiger partial charge in [-0.2, -0.15) is 0 Å². The number of aliphatic hydroxyl groups is 1. The van der Waals surface area contributed by atoms with Gasteiger partial charge in [-0.3, -0.25) is 0 Å². The molecule has 2 heteroatoms. The zero-order chi connectivity index (χ0) is 14.5. The Morgan fingerprint density at radius 2 is 2.21 bits per heavy atom. The summed E-state index contributed by atoms with van der Waals surface area (Å²) < 4.78 is 0. The second-order valence-electron chi connectivity index (χ2n) is 5.86. The van der Waals surface area contributed by atoms with Crippen LogP contribution in [0, 0.1) is 5.92 Å². The van der Waals surface area contributed by atoms with Crippen molar-refractivity contribution < 1.29 is 5.11 Å². The van der Waals surface area contributed by atoms with E-state index in [2.05, 4.69) is 31.5 Å². The molecule has 108 valence electrons. The summed E-state index contributed by atoms with van der Waals surface area (Å²) in [4.78, 5) is 0. The molecule has 1 unspecified atom stereocenters. The van der Waals surface area contributed by atoms with Crippen LogP contribution in [0.1, 0.15) is 46.5 Å². The molecule has 1 aliphatic rings. The normalized spacial score (nSPS) is 26.9. The Balaban J connectivity index is 2.66. The van der Waals surface area contributed by atoms with Crippen molar-refractivity contribution >= 4 is 0 Å². The van der Waals surface area contributed by atoms with E-state index in [-0.39, 0.29) is 0 Å². The summed E-state index contributed by atoms with van der Waals surface area (Å²) in [6.07, 6.45) is 6.19. The predicted molar refractivity (Wildman–Crippen MR) is 83.2 cm³/mol. The highest BCUT2D eigenvalue weighted by atomic mass is 16.3. The Morgan fingerprint density at radius 1 is 1.53 bits per heavy atom. The molecule has 0 aliphatic heterocycles. The molecule has 2 atom stereocenters. The van der Waals surface area contributed by atoms with Gasteiger partial charge in [0.25, 0.3) is 0 Å². The maximum Gasteiger partial charge on any atom is 0.108 e. The summed E-state index contributed by atoms with van der Waals surface area (Å²) in [6, 6.07) is 0. The molecule has 2 nitrogen and oxygen atoms in total. The Hall–Kier alpha value is -0.860. The van der Waals surface area contributed by atoms with Crippen LogP contribution < -0.4 is 5.32 Å². The van der Waals surface area contributed by atoms with E-state index in [0.717, 1.165) is 42.5 Å². The van der Waals surface area contributed by atoms with E-state index >= 15 is 0 Å². The molecule has 2 N–H and O–H groups in total. The molecule has 0 bridgehead atoms. The molecular formula is C17H29NO. The molecule has 0 aromatic heterocycles. The second-order valence-corrected chi connectivity index (χ2v) is 5.86. The molecule has 0 saturated carbocycles. The maximum absolute atomic E-state index is 10.9. The first kappa shape index (κ1) is 16.2. The average molecular weight is 263 g/mol. The summed E-state index contributed by atoms with van der Waals surface area (Å²) in [5, 5.41) is 14.3. The third kappa shape index (κ3) is 4.05. The zero-order valence-corrected chi connectivity index (χ0v) is 12.8. The van der Waals surface area contributed by atoms with Crippen LogP contribution in [-0.2, 0) is 0 Å². The van der Waals surface area contributed by atoms with E-state index < -0.39 is 5.60 Å². The molecule has 0 radical (unpaired) electrons. The van der Waals surface area contributed by atoms with Crippen molar-refractivity contribution in [1.29, 1.82) is 0 Å². The number of hydrogen-bond acceptors (Lipinski definition) is 2. The summed E-state index contributed by atoms with van der Waals surface area (Å²) in [6.45, 7) is 16.0. The molecule has 0 heterocycles. The predicted octanol–water partition coefficient (Wildman–Crippen LogP) is 3.60. The zero-order valence-electron chi connectivity index (χ0n) is 12.8. The topological polar surface area (TPSA) is 32.3 Å². The van der Waals surface area contributed by atoms with Crippen LogP contribution in [0.4, 0.5) is 0 Å². The minimum absolute atomic E-state index is 0.362. The highest BCUT2D eigenvalue weighted by molar-refractivity contribution is 5.34. The van der Waals surface area contributed by atoms with Gasteiger partial charge in [-0.15, -0.1) is 0 Å². The number of hydrogen-bond donors (Lipinski definition) is 2. The van der Waals surface area contributed by atoms with Crippen molar-refractivity contribution in [3.63, 3.8) is 0 Å². The van der Waals surface area contributed by atoms with Crippen LogP contribution in [0.2, 0.25) is 0 Å². The Bertz CT molecular complexity index is 369. The van der Waals surface area contributed by atoms with E-state index in [1.165, 1.54) is 6.42 Å². The first-order chi connectivity index (χ1) is 8.91. The number of allylic oxidation sites excluding steroid dienone is 2. The summed E-state index contributed by atoms with van der Waals surface area (Å²) >= 11 is 0. The van der Waals surface area contributed by atoms with Crippen LogP contribution >= 0.6 is 0 Å². The minimum Gasteiger partial charge on any atom is -0.381 e. The largest absolute Gasteiger partial charge is 0.381 e. The van der Waals surface area contributed by atoms with Crippen molar-refractivity contribution in [2.75, 3.05) is 13.1 Å². The first-order valence-electron chi connectivity index (χ1n) is 7.35. The maximum atomic E-state index is 10.9. The fraction of sp³-hybridized carbons (Fsp3) is 0.647. The Kier molecular flexibility index (Phi) is 6.02. The van der Waals surface area contributed by atoms with Gasteiger partial charge in [0, 0.05) is 6.54 Å². The Labute approximate surface area is 118 Å². The average Bonchev–Trinajstić information content (AvgIpc) is 2.37. The van der Waals surface area contributed by atoms with Gasteiger partial charge in [-0.05, 0) is 56.7 Å². The van der Waals surface area contributed by atoms with Crippen LogP contribution in [-0.4, -0.2) is 23.8 Å². The third-order valence-corrected chi connectivity index (χ3v) is 4.23. The number of rotatable bonds is 7. The van der Waals surface area contributed by atoms with Crippen LogP contribution in [0.15, 0.2) is 36.0 Å². The lowest BCUT2D eigenvalue weighted by Crippen LogP contribution is -2.41. The lowest BCUT2D eigenvalue weighted by Gasteiger charge is -2.38. The molecule has 0 saturated heterocycles. The van der Waals surface area contributed by atoms with Crippen molar-refractivity contribution in [2.24, 2.45) is 5.92 Å². The first-order valence-corrected chi connectivity index (χ1v) is 7.35. The summed E-state index contributed by atoms with van der Waals surface area (Å²) in [5.74, 6) is 0.362. The van der Waals surface area contributed by atoms with Crippen molar-refractivity contribution in [2.45, 2.75) is 52.1 Å². The summed E-state index contributed by atoms with van der Waals surface area (Å²) in [7, 11) is 0. The molecule has 19 heavy (non-hydrogen) atoms. The van der Waals surface area contributed by atoms with Gasteiger partial charge in [0.15, 0.2) is 0 Å². The van der Waals surface area contributed by atoms with E-state index in [0.29, 0.717) is 12.5 Å². The second kappa shape index (κ2) is 7.06. The lowest BCUT2D eigenvalue weighted by molar-refractivity contribution is 0.0834. The molecule has 0 amide bonds. The standard InChI is InChI=1S/C17H29NO/c1-6-7-10-18-12-15(5)17(19)11-16(13(2)3)9-8-14(17)4/h8,16,18-19H,2,5-7,9-12H2,1,3-4H3/t16-,17?/m1/s1. The molecule has 1 rings (SSSR count). The van der Waals surface area contributed by atoms with Gasteiger partial charge in [0.2, 0.25) is 0 Å². The Morgan fingerprint density at radius 3 is 2.79 bits per heavy atom. The monoisotopic (exact) mass is 263 g/mol. The van der Waals surface area contributed by atoms with Crippen molar-refractivity contribution in [3.05, 3.63) is 36.0 Å². The van der Waals surface area contributed by atoms with Gasteiger partial charge in [0.05, 0.1) is 0 Å². The number of unbranched alkanes of at least 4 members (excludes halogenated alkanes) is 1. The molecule has 0 fully saturated rings. The molecule has 0 aromatic rings. The SMILES string of the molecule is C=C(C)[C@@H]1CC=C(C)C(O)(C(=C)CNCCCC)C1. The van der Waals surface area contributed by atoms with Crippen LogP contribution in [0.3, 0.4) is 0 Å². The molecule has 0 spiro atoms. The molecular weight excluding hydrogens is 234 g/mol. The fourth-order valence-electron chi connectivity index (χ4n) is 2.57. The van der Waals surface area contributed by atoms with Gasteiger partial charge >= 0.3 is 0 Å². The van der Waals surface area contributed by atoms with Crippen LogP contribution in [0.5, 0.6) is 0 Å². The van der Waals surface area contributed by atoms with E-state index in [9.17, 15) is 5.11 Å². The fourth-order valence-corrected chi connectivity index (χ4v) is 2.57. The molecule has 1 aliphatic carbocycles. The molecule has 0 aromatic carbocycles. The van der Waals surface area contributed by atoms with Gasteiger partial charge in [0.1, 0.15) is 5.60 Å². The lowest BCUT2D eigenvalue weighted by atomic mass is 9.72. The van der Waals surface area contributed by atoms with E-state index in [4.69, 9.17) is 0 Å². The third-order valence-electron chi connectivity index (χ3n) is 4.23. The highest BCUT2D eigenvalue weighted by Gasteiger charge is 2.37. The van der Waals surface area contributed by atoms with Crippen molar-refractivity contribution in [1.82, 2.24) is 5.32 Å². The smallest absolute Gasteiger partial charge is 0.108 e. The van der Waals surface area contributed by atoms with E-state index in [1.807, 2.05) is 13.8 Å². The van der Waals surface area contributed by atoms with Crippen LogP contribution in [0.25, 0.3) is 0 Å². The summed E-state index contributed by atoms with van der Waals surface area (Å²) in [5.41, 5.74) is 2.20. The highest BCUT2D eigenvalue weighted by Crippen LogP contribution is 2.39.